The Bertz CT molecular complexity index is 963. The van der Waals surface area contributed by atoms with Crippen LogP contribution in [0.4, 0.5) is 19.0 Å². The second kappa shape index (κ2) is 8.13. The summed E-state index contributed by atoms with van der Waals surface area (Å²) in [5, 5.41) is 7.02. The number of rotatable bonds is 6. The summed E-state index contributed by atoms with van der Waals surface area (Å²) in [6.07, 6.45) is 1.62. The standard InChI is InChI=1S/C18H13ClF3N3O2/c19-15-9-13(20)5-4-12(15)10-25-7-6-16(24-25)23-17(26)11-2-1-3-14(8-11)27-18(21)22/h1-9,18H,10H2,(H,23,24,26). The maximum atomic E-state index is 13.1. The summed E-state index contributed by atoms with van der Waals surface area (Å²) >= 11 is 5.99. The molecule has 0 fully saturated rings. The van der Waals surface area contributed by atoms with E-state index in [1.54, 1.807) is 18.3 Å². The molecule has 0 bridgehead atoms. The molecule has 27 heavy (non-hydrogen) atoms. The van der Waals surface area contributed by atoms with Crippen LogP contribution >= 0.6 is 11.6 Å². The first-order valence-electron chi connectivity index (χ1n) is 7.74. The number of amides is 1. The zero-order valence-corrected chi connectivity index (χ0v) is 14.5. The van der Waals surface area contributed by atoms with E-state index in [9.17, 15) is 18.0 Å². The topological polar surface area (TPSA) is 56.2 Å². The number of carbonyl (C=O) groups is 1. The van der Waals surface area contributed by atoms with E-state index in [1.165, 1.54) is 41.1 Å². The summed E-state index contributed by atoms with van der Waals surface area (Å²) < 4.78 is 43.4. The number of halogens is 4. The normalized spacial score (nSPS) is 10.9. The molecule has 2 aromatic carbocycles. The SMILES string of the molecule is O=C(Nc1ccn(Cc2ccc(F)cc2Cl)n1)c1cccc(OC(F)F)c1. The van der Waals surface area contributed by atoms with Gasteiger partial charge in [0.15, 0.2) is 5.82 Å². The monoisotopic (exact) mass is 395 g/mol. The zero-order chi connectivity index (χ0) is 19.4. The number of aromatic nitrogens is 2. The second-order valence-corrected chi connectivity index (χ2v) is 5.90. The minimum absolute atomic E-state index is 0.117. The van der Waals surface area contributed by atoms with Crippen molar-refractivity contribution in [2.75, 3.05) is 5.32 Å². The fourth-order valence-corrected chi connectivity index (χ4v) is 2.57. The molecule has 0 atom stereocenters. The highest BCUT2D eigenvalue weighted by molar-refractivity contribution is 6.31. The van der Waals surface area contributed by atoms with Gasteiger partial charge in [-0.05, 0) is 35.9 Å². The molecule has 1 amide bonds. The van der Waals surface area contributed by atoms with Crippen LogP contribution in [0.25, 0.3) is 0 Å². The van der Waals surface area contributed by atoms with Crippen molar-refractivity contribution in [1.82, 2.24) is 9.78 Å². The number of alkyl halides is 2. The average Bonchev–Trinajstić information content (AvgIpc) is 3.04. The van der Waals surface area contributed by atoms with E-state index < -0.39 is 18.3 Å². The van der Waals surface area contributed by atoms with Crippen molar-refractivity contribution in [2.24, 2.45) is 0 Å². The predicted octanol–water partition coefficient (Wildman–Crippen LogP) is 4.58. The minimum Gasteiger partial charge on any atom is -0.435 e. The second-order valence-electron chi connectivity index (χ2n) is 5.49. The molecule has 0 saturated heterocycles. The molecule has 0 unspecified atom stereocenters. The highest BCUT2D eigenvalue weighted by Gasteiger charge is 2.11. The summed E-state index contributed by atoms with van der Waals surface area (Å²) in [7, 11) is 0. The van der Waals surface area contributed by atoms with E-state index in [2.05, 4.69) is 15.2 Å². The van der Waals surface area contributed by atoms with Crippen molar-refractivity contribution in [2.45, 2.75) is 13.2 Å². The largest absolute Gasteiger partial charge is 0.435 e. The quantitative estimate of drug-likeness (QED) is 0.664. The lowest BCUT2D eigenvalue weighted by Crippen LogP contribution is -2.13. The van der Waals surface area contributed by atoms with Gasteiger partial charge in [0.05, 0.1) is 6.54 Å². The Morgan fingerprint density at radius 2 is 2.04 bits per heavy atom. The Morgan fingerprint density at radius 1 is 1.22 bits per heavy atom. The van der Waals surface area contributed by atoms with Crippen molar-refractivity contribution < 1.29 is 22.7 Å². The van der Waals surface area contributed by atoms with Gasteiger partial charge < -0.3 is 10.1 Å². The molecule has 5 nitrogen and oxygen atoms in total. The predicted molar refractivity (Wildman–Crippen MR) is 93.8 cm³/mol. The number of carbonyl (C=O) groups excluding carboxylic acids is 1. The Labute approximate surface area is 157 Å². The lowest BCUT2D eigenvalue weighted by atomic mass is 10.2. The third kappa shape index (κ3) is 5.01. The molecule has 0 radical (unpaired) electrons. The average molecular weight is 396 g/mol. The van der Waals surface area contributed by atoms with Crippen LogP contribution in [0.3, 0.4) is 0 Å². The van der Waals surface area contributed by atoms with Crippen LogP contribution in [0.15, 0.2) is 54.7 Å². The number of nitrogens with zero attached hydrogens (tertiary/aromatic N) is 2. The number of anilines is 1. The number of hydrogen-bond acceptors (Lipinski definition) is 3. The van der Waals surface area contributed by atoms with Gasteiger partial charge in [0, 0.05) is 22.8 Å². The van der Waals surface area contributed by atoms with Gasteiger partial charge in [-0.2, -0.15) is 13.9 Å². The van der Waals surface area contributed by atoms with Crippen molar-refractivity contribution in [1.29, 1.82) is 0 Å². The first-order valence-corrected chi connectivity index (χ1v) is 8.12. The minimum atomic E-state index is -2.97. The molecular formula is C18H13ClF3N3O2. The van der Waals surface area contributed by atoms with E-state index in [4.69, 9.17) is 11.6 Å². The lowest BCUT2D eigenvalue weighted by molar-refractivity contribution is -0.0498. The van der Waals surface area contributed by atoms with Gasteiger partial charge >= 0.3 is 6.61 Å². The first-order chi connectivity index (χ1) is 12.9. The molecule has 140 valence electrons. The Morgan fingerprint density at radius 3 is 2.78 bits per heavy atom. The van der Waals surface area contributed by atoms with Crippen molar-refractivity contribution >= 4 is 23.3 Å². The van der Waals surface area contributed by atoms with Crippen LogP contribution in [0, 0.1) is 5.82 Å². The molecule has 0 aliphatic rings. The highest BCUT2D eigenvalue weighted by Crippen LogP contribution is 2.19. The molecule has 3 rings (SSSR count). The Hall–Kier alpha value is -3.00. The Balaban J connectivity index is 1.67. The van der Waals surface area contributed by atoms with Gasteiger partial charge in [-0.15, -0.1) is 0 Å². The van der Waals surface area contributed by atoms with Gasteiger partial charge in [-0.25, -0.2) is 4.39 Å². The molecule has 1 aromatic heterocycles. The maximum Gasteiger partial charge on any atom is 0.387 e. The van der Waals surface area contributed by atoms with Crippen LogP contribution in [0.1, 0.15) is 15.9 Å². The van der Waals surface area contributed by atoms with Gasteiger partial charge in [-0.1, -0.05) is 23.7 Å². The molecule has 0 aliphatic carbocycles. The summed E-state index contributed by atoms with van der Waals surface area (Å²) in [6, 6.07) is 11.0. The summed E-state index contributed by atoms with van der Waals surface area (Å²) in [4.78, 5) is 12.2. The number of ether oxygens (including phenoxy) is 1. The first kappa shape index (κ1) is 18.8. The molecule has 9 heteroatoms. The fraction of sp³-hybridized carbons (Fsp3) is 0.111. The molecule has 0 aliphatic heterocycles. The Kier molecular flexibility index (Phi) is 5.66. The zero-order valence-electron chi connectivity index (χ0n) is 13.7. The molecule has 0 saturated carbocycles. The van der Waals surface area contributed by atoms with Gasteiger partial charge in [-0.3, -0.25) is 9.48 Å². The van der Waals surface area contributed by atoms with E-state index in [-0.39, 0.29) is 28.7 Å². The van der Waals surface area contributed by atoms with Crippen LogP contribution in [0.5, 0.6) is 5.75 Å². The fourth-order valence-electron chi connectivity index (χ4n) is 2.34. The number of nitrogens with one attached hydrogen (secondary N) is 1. The van der Waals surface area contributed by atoms with Crippen LogP contribution in [0.2, 0.25) is 5.02 Å². The summed E-state index contributed by atoms with van der Waals surface area (Å²) in [5.41, 5.74) is 0.806. The van der Waals surface area contributed by atoms with E-state index >= 15 is 0 Å². The van der Waals surface area contributed by atoms with Crippen molar-refractivity contribution in [3.63, 3.8) is 0 Å². The smallest absolute Gasteiger partial charge is 0.387 e. The maximum absolute atomic E-state index is 13.1. The highest BCUT2D eigenvalue weighted by atomic mass is 35.5. The number of hydrogen-bond donors (Lipinski definition) is 1. The van der Waals surface area contributed by atoms with E-state index in [1.807, 2.05) is 0 Å². The van der Waals surface area contributed by atoms with Crippen LogP contribution in [-0.4, -0.2) is 22.3 Å². The molecule has 1 N–H and O–H groups in total. The molecular weight excluding hydrogens is 383 g/mol. The van der Waals surface area contributed by atoms with E-state index in [0.29, 0.717) is 5.56 Å². The third-order valence-corrected chi connectivity index (χ3v) is 3.90. The van der Waals surface area contributed by atoms with Crippen molar-refractivity contribution in [3.05, 3.63) is 76.7 Å². The molecule has 1 heterocycles. The summed E-state index contributed by atoms with van der Waals surface area (Å²) in [6.45, 7) is -2.69. The van der Waals surface area contributed by atoms with Gasteiger partial charge in [0.1, 0.15) is 11.6 Å². The van der Waals surface area contributed by atoms with Gasteiger partial charge in [0.25, 0.3) is 5.91 Å². The van der Waals surface area contributed by atoms with Crippen LogP contribution in [-0.2, 0) is 6.54 Å². The molecule has 0 spiro atoms. The van der Waals surface area contributed by atoms with Crippen molar-refractivity contribution in [3.8, 4) is 5.75 Å². The molecule has 3 aromatic rings. The van der Waals surface area contributed by atoms with E-state index in [0.717, 1.165) is 0 Å². The van der Waals surface area contributed by atoms with Crippen LogP contribution < -0.4 is 10.1 Å². The third-order valence-electron chi connectivity index (χ3n) is 3.55. The number of benzene rings is 2. The van der Waals surface area contributed by atoms with Gasteiger partial charge in [0.2, 0.25) is 0 Å². The lowest BCUT2D eigenvalue weighted by Gasteiger charge is -2.07. The summed E-state index contributed by atoms with van der Waals surface area (Å²) in [5.74, 6) is -0.817.